The average molecular weight is 322 g/mol. The van der Waals surface area contributed by atoms with E-state index in [1.165, 1.54) is 25.3 Å². The van der Waals surface area contributed by atoms with Crippen LogP contribution in [-0.2, 0) is 0 Å². The number of hydrogen-bond acceptors (Lipinski definition) is 5. The number of nitrogens with zero attached hydrogens (tertiary/aromatic N) is 1. The summed E-state index contributed by atoms with van der Waals surface area (Å²) in [6.07, 6.45) is 1.46. The van der Waals surface area contributed by atoms with Gasteiger partial charge in [0.05, 0.1) is 0 Å². The molecule has 3 aromatic rings. The van der Waals surface area contributed by atoms with Crippen LogP contribution in [0.4, 0.5) is 5.82 Å². The zero-order valence-electron chi connectivity index (χ0n) is 12.8. The third kappa shape index (κ3) is 3.17. The van der Waals surface area contributed by atoms with E-state index in [1.807, 2.05) is 0 Å². The molecule has 0 unspecified atom stereocenters. The minimum absolute atomic E-state index is 0.0174. The van der Waals surface area contributed by atoms with E-state index in [0.717, 1.165) is 5.56 Å². The SMILES string of the molecule is CC(=O)c1ccc(-c2ccc(C(=O)Nc3ncccc3O)o2)cc1. The lowest BCUT2D eigenvalue weighted by Crippen LogP contribution is -2.11. The Balaban J connectivity index is 1.78. The van der Waals surface area contributed by atoms with Gasteiger partial charge in [-0.25, -0.2) is 4.98 Å². The minimum atomic E-state index is -0.518. The van der Waals surface area contributed by atoms with E-state index in [2.05, 4.69) is 10.3 Å². The van der Waals surface area contributed by atoms with Crippen molar-refractivity contribution >= 4 is 17.5 Å². The number of Topliss-reactive ketones (excluding diaryl/α,β-unsaturated/α-hetero) is 1. The molecule has 120 valence electrons. The van der Waals surface area contributed by atoms with Gasteiger partial charge in [0.15, 0.2) is 23.1 Å². The molecule has 1 aromatic carbocycles. The van der Waals surface area contributed by atoms with Crippen molar-refractivity contribution < 1.29 is 19.1 Å². The lowest BCUT2D eigenvalue weighted by atomic mass is 10.1. The molecule has 0 atom stereocenters. The highest BCUT2D eigenvalue weighted by Gasteiger charge is 2.14. The molecule has 0 fully saturated rings. The van der Waals surface area contributed by atoms with Crippen LogP contribution >= 0.6 is 0 Å². The molecule has 0 aliphatic heterocycles. The first-order valence-corrected chi connectivity index (χ1v) is 7.21. The molecule has 2 N–H and O–H groups in total. The largest absolute Gasteiger partial charge is 0.504 e. The fraction of sp³-hybridized carbons (Fsp3) is 0.0556. The monoisotopic (exact) mass is 322 g/mol. The zero-order chi connectivity index (χ0) is 17.1. The number of anilines is 1. The van der Waals surface area contributed by atoms with Gasteiger partial charge in [0.2, 0.25) is 0 Å². The van der Waals surface area contributed by atoms with Crippen LogP contribution in [0, 0.1) is 0 Å². The van der Waals surface area contributed by atoms with E-state index in [1.54, 1.807) is 36.4 Å². The van der Waals surface area contributed by atoms with Crippen molar-refractivity contribution in [3.8, 4) is 17.1 Å². The topological polar surface area (TPSA) is 92.4 Å². The van der Waals surface area contributed by atoms with Crippen LogP contribution in [0.1, 0.15) is 27.8 Å². The highest BCUT2D eigenvalue weighted by molar-refractivity contribution is 6.02. The van der Waals surface area contributed by atoms with Crippen molar-refractivity contribution in [1.82, 2.24) is 4.98 Å². The molecule has 1 amide bonds. The Morgan fingerprint density at radius 1 is 1.08 bits per heavy atom. The first-order chi connectivity index (χ1) is 11.5. The molecule has 6 heteroatoms. The Hall–Kier alpha value is -3.41. The molecule has 2 heterocycles. The summed E-state index contributed by atoms with van der Waals surface area (Å²) in [6.45, 7) is 1.50. The number of hydrogen-bond donors (Lipinski definition) is 2. The molecular weight excluding hydrogens is 308 g/mol. The summed E-state index contributed by atoms with van der Waals surface area (Å²) >= 11 is 0. The molecule has 6 nitrogen and oxygen atoms in total. The fourth-order valence-electron chi connectivity index (χ4n) is 2.15. The van der Waals surface area contributed by atoms with E-state index in [0.29, 0.717) is 11.3 Å². The lowest BCUT2D eigenvalue weighted by Gasteiger charge is -2.04. The van der Waals surface area contributed by atoms with E-state index in [9.17, 15) is 14.7 Å². The zero-order valence-corrected chi connectivity index (χ0v) is 12.8. The standard InChI is InChI=1S/C18H14N2O4/c1-11(21)12-4-6-13(7-5-12)15-8-9-16(24-15)18(23)20-17-14(22)3-2-10-19-17/h2-10,22H,1H3,(H,19,20,23). The van der Waals surface area contributed by atoms with Crippen molar-refractivity contribution in [3.05, 3.63) is 66.1 Å². The predicted octanol–water partition coefficient (Wildman–Crippen LogP) is 3.50. The summed E-state index contributed by atoms with van der Waals surface area (Å²) in [6, 6.07) is 13.1. The second-order valence-corrected chi connectivity index (χ2v) is 5.12. The number of benzene rings is 1. The Labute approximate surface area is 137 Å². The minimum Gasteiger partial charge on any atom is -0.504 e. The lowest BCUT2D eigenvalue weighted by molar-refractivity contribution is 0.0993. The van der Waals surface area contributed by atoms with Gasteiger partial charge in [0.25, 0.3) is 5.91 Å². The van der Waals surface area contributed by atoms with Gasteiger partial charge in [0, 0.05) is 17.3 Å². The van der Waals surface area contributed by atoms with E-state index < -0.39 is 5.91 Å². The van der Waals surface area contributed by atoms with Crippen molar-refractivity contribution in [3.63, 3.8) is 0 Å². The summed E-state index contributed by atoms with van der Waals surface area (Å²) in [7, 11) is 0. The Morgan fingerprint density at radius 3 is 2.50 bits per heavy atom. The van der Waals surface area contributed by atoms with Crippen LogP contribution in [0.3, 0.4) is 0 Å². The second-order valence-electron chi connectivity index (χ2n) is 5.12. The summed E-state index contributed by atoms with van der Waals surface area (Å²) in [5.41, 5.74) is 1.36. The van der Waals surface area contributed by atoms with Crippen molar-refractivity contribution in [2.75, 3.05) is 5.32 Å². The maximum atomic E-state index is 12.2. The van der Waals surface area contributed by atoms with E-state index >= 15 is 0 Å². The normalized spacial score (nSPS) is 10.4. The van der Waals surface area contributed by atoms with Crippen LogP contribution < -0.4 is 5.32 Å². The molecule has 0 spiro atoms. The fourth-order valence-corrected chi connectivity index (χ4v) is 2.15. The number of aromatic nitrogens is 1. The molecule has 3 rings (SSSR count). The highest BCUT2D eigenvalue weighted by atomic mass is 16.4. The highest BCUT2D eigenvalue weighted by Crippen LogP contribution is 2.24. The van der Waals surface area contributed by atoms with Gasteiger partial charge in [-0.05, 0) is 31.2 Å². The number of carbonyl (C=O) groups excluding carboxylic acids is 2. The van der Waals surface area contributed by atoms with Gasteiger partial charge < -0.3 is 14.8 Å². The maximum Gasteiger partial charge on any atom is 0.292 e. The number of ketones is 1. The van der Waals surface area contributed by atoms with Crippen molar-refractivity contribution in [2.24, 2.45) is 0 Å². The predicted molar refractivity (Wildman–Crippen MR) is 88.0 cm³/mol. The summed E-state index contributed by atoms with van der Waals surface area (Å²) in [5.74, 6) is -0.0123. The van der Waals surface area contributed by atoms with Crippen molar-refractivity contribution in [2.45, 2.75) is 6.92 Å². The average Bonchev–Trinajstić information content (AvgIpc) is 3.07. The summed E-state index contributed by atoms with van der Waals surface area (Å²) < 4.78 is 5.54. The van der Waals surface area contributed by atoms with Gasteiger partial charge in [-0.2, -0.15) is 0 Å². The van der Waals surface area contributed by atoms with Crippen molar-refractivity contribution in [1.29, 1.82) is 0 Å². The van der Waals surface area contributed by atoms with E-state index in [-0.39, 0.29) is 23.1 Å². The number of pyridine rings is 1. The smallest absolute Gasteiger partial charge is 0.292 e. The molecular formula is C18H14N2O4. The molecule has 2 aromatic heterocycles. The van der Waals surface area contributed by atoms with Crippen LogP contribution in [0.25, 0.3) is 11.3 Å². The second kappa shape index (κ2) is 6.37. The maximum absolute atomic E-state index is 12.2. The quantitative estimate of drug-likeness (QED) is 0.717. The Kier molecular flexibility index (Phi) is 4.11. The number of carbonyl (C=O) groups is 2. The Morgan fingerprint density at radius 2 is 1.83 bits per heavy atom. The number of furan rings is 1. The van der Waals surface area contributed by atoms with Crippen LogP contribution in [0.5, 0.6) is 5.75 Å². The molecule has 0 aliphatic carbocycles. The number of nitrogens with one attached hydrogen (secondary N) is 1. The van der Waals surface area contributed by atoms with Gasteiger partial charge in [-0.1, -0.05) is 24.3 Å². The summed E-state index contributed by atoms with van der Waals surface area (Å²) in [4.78, 5) is 27.3. The third-order valence-electron chi connectivity index (χ3n) is 3.42. The molecule has 0 bridgehead atoms. The number of amides is 1. The van der Waals surface area contributed by atoms with Gasteiger partial charge in [-0.15, -0.1) is 0 Å². The first kappa shape index (κ1) is 15.5. The first-order valence-electron chi connectivity index (χ1n) is 7.21. The van der Waals surface area contributed by atoms with Crippen LogP contribution in [0.15, 0.2) is 59.1 Å². The third-order valence-corrected chi connectivity index (χ3v) is 3.42. The summed E-state index contributed by atoms with van der Waals surface area (Å²) in [5, 5.41) is 12.1. The van der Waals surface area contributed by atoms with Gasteiger partial charge in [0.1, 0.15) is 5.76 Å². The number of rotatable bonds is 4. The molecule has 0 saturated heterocycles. The number of aromatic hydroxyl groups is 1. The van der Waals surface area contributed by atoms with Crippen LogP contribution in [0.2, 0.25) is 0 Å². The molecule has 0 radical (unpaired) electrons. The molecule has 0 saturated carbocycles. The molecule has 24 heavy (non-hydrogen) atoms. The van der Waals surface area contributed by atoms with Gasteiger partial charge in [-0.3, -0.25) is 9.59 Å². The Bertz CT molecular complexity index is 897. The van der Waals surface area contributed by atoms with E-state index in [4.69, 9.17) is 4.42 Å². The van der Waals surface area contributed by atoms with Gasteiger partial charge >= 0.3 is 0 Å². The molecule has 0 aliphatic rings. The van der Waals surface area contributed by atoms with Crippen LogP contribution in [-0.4, -0.2) is 21.8 Å².